The molecule has 0 amide bonds. The Kier molecular flexibility index (Phi) is 5.28. The molecule has 0 radical (unpaired) electrons. The zero-order chi connectivity index (χ0) is 22.0. The largest absolute Gasteiger partial charge is 0.469 e. The van der Waals surface area contributed by atoms with Crippen molar-refractivity contribution >= 4 is 40.3 Å². The molecule has 1 saturated heterocycles. The van der Waals surface area contributed by atoms with Crippen molar-refractivity contribution in [2.75, 3.05) is 7.11 Å². The number of ketones is 1. The van der Waals surface area contributed by atoms with Crippen molar-refractivity contribution in [1.29, 1.82) is 0 Å². The van der Waals surface area contributed by atoms with Crippen LogP contribution in [0.2, 0.25) is 0 Å². The summed E-state index contributed by atoms with van der Waals surface area (Å²) in [5, 5.41) is 0. The smallest absolute Gasteiger partial charge is 0.316 e. The van der Waals surface area contributed by atoms with E-state index in [4.69, 9.17) is 14.2 Å². The second-order valence-electron chi connectivity index (χ2n) is 9.23. The van der Waals surface area contributed by atoms with Crippen LogP contribution in [0, 0.1) is 22.7 Å². The van der Waals surface area contributed by atoms with E-state index in [9.17, 15) is 14.4 Å². The predicted molar refractivity (Wildman–Crippen MR) is 118 cm³/mol. The summed E-state index contributed by atoms with van der Waals surface area (Å²) in [6.07, 6.45) is 3.65. The fraction of sp³-hybridized carbons (Fsp3) is 0.609. The van der Waals surface area contributed by atoms with Gasteiger partial charge in [-0.3, -0.25) is 14.4 Å². The van der Waals surface area contributed by atoms with Gasteiger partial charge >= 0.3 is 11.9 Å². The highest BCUT2D eigenvalue weighted by Gasteiger charge is 2.71. The lowest BCUT2D eigenvalue weighted by Gasteiger charge is -2.54. The van der Waals surface area contributed by atoms with Gasteiger partial charge in [0.1, 0.15) is 12.2 Å². The number of carbonyl (C=O) groups is 3. The minimum absolute atomic E-state index is 0.00932. The molecule has 1 aliphatic heterocycles. The average molecular weight is 526 g/mol. The second kappa shape index (κ2) is 7.29. The molecule has 1 heterocycles. The standard InChI is InChI=1S/C23H27IO6/c1-11-6-7-14(17(11)24)29-18-12(2)13(10-16(26)28-5)23(4)15(25)8-9-22(3)20(23)19(18)30-21(22)27/h8-9,13-14,18-20H,2,6-7,10H2,1,3-5H3/t13-,14+,18-,19-,20-,22+,23-/m0/s1. The van der Waals surface area contributed by atoms with E-state index in [0.29, 0.717) is 5.57 Å². The van der Waals surface area contributed by atoms with E-state index in [0.717, 1.165) is 16.4 Å². The first kappa shape index (κ1) is 21.7. The molecule has 1 saturated carbocycles. The van der Waals surface area contributed by atoms with Gasteiger partial charge in [0.25, 0.3) is 0 Å². The van der Waals surface area contributed by atoms with E-state index in [1.807, 2.05) is 13.8 Å². The van der Waals surface area contributed by atoms with Crippen molar-refractivity contribution in [2.24, 2.45) is 22.7 Å². The summed E-state index contributed by atoms with van der Waals surface area (Å²) in [5.74, 6) is -1.84. The molecule has 4 aliphatic rings. The normalized spacial score (nSPS) is 42.4. The van der Waals surface area contributed by atoms with Crippen LogP contribution in [0.25, 0.3) is 0 Å². The number of allylic oxidation sites excluding steroid dienone is 2. The van der Waals surface area contributed by atoms with Gasteiger partial charge in [-0.25, -0.2) is 0 Å². The minimum atomic E-state index is -1.000. The van der Waals surface area contributed by atoms with E-state index in [1.54, 1.807) is 6.08 Å². The van der Waals surface area contributed by atoms with Crippen LogP contribution in [0.15, 0.2) is 33.5 Å². The first-order valence-corrected chi connectivity index (χ1v) is 11.3. The van der Waals surface area contributed by atoms with Gasteiger partial charge in [0.2, 0.25) is 0 Å². The molecule has 4 rings (SSSR count). The zero-order valence-corrected chi connectivity index (χ0v) is 19.9. The lowest BCUT2D eigenvalue weighted by molar-refractivity contribution is -0.161. The van der Waals surface area contributed by atoms with Gasteiger partial charge in [0.15, 0.2) is 5.78 Å². The van der Waals surface area contributed by atoms with Crippen LogP contribution in [-0.2, 0) is 28.6 Å². The highest BCUT2D eigenvalue weighted by molar-refractivity contribution is 14.1. The third kappa shape index (κ3) is 2.87. The van der Waals surface area contributed by atoms with E-state index < -0.39 is 40.8 Å². The SMILES string of the molecule is C=C1[C@H](O[C@@H]2CCC(C)=C2I)[C@@H]2OC(=O)[C@]3(C)C=CC(=O)[C@@](C)([C@@H]23)[C@H]1CC(=O)OC. The third-order valence-electron chi connectivity index (χ3n) is 7.63. The number of ether oxygens (including phenoxy) is 3. The number of methoxy groups -OCH3 is 1. The molecule has 2 fully saturated rings. The Bertz CT molecular complexity index is 903. The van der Waals surface area contributed by atoms with Gasteiger partial charge < -0.3 is 14.2 Å². The topological polar surface area (TPSA) is 78.9 Å². The fourth-order valence-electron chi connectivity index (χ4n) is 5.85. The minimum Gasteiger partial charge on any atom is -0.469 e. The van der Waals surface area contributed by atoms with Crippen LogP contribution in [0.3, 0.4) is 0 Å². The van der Waals surface area contributed by atoms with Crippen LogP contribution >= 0.6 is 22.6 Å². The van der Waals surface area contributed by atoms with Crippen LogP contribution in [0.5, 0.6) is 0 Å². The predicted octanol–water partition coefficient (Wildman–Crippen LogP) is 3.69. The molecule has 0 aromatic rings. The molecule has 162 valence electrons. The summed E-state index contributed by atoms with van der Waals surface area (Å²) in [4.78, 5) is 38.4. The van der Waals surface area contributed by atoms with Gasteiger partial charge in [-0.15, -0.1) is 0 Å². The highest BCUT2D eigenvalue weighted by Crippen LogP contribution is 2.63. The van der Waals surface area contributed by atoms with E-state index in [1.165, 1.54) is 18.8 Å². The van der Waals surface area contributed by atoms with E-state index in [-0.39, 0.29) is 24.3 Å². The molecular weight excluding hydrogens is 499 g/mol. The number of hydrogen-bond donors (Lipinski definition) is 0. The van der Waals surface area contributed by atoms with Gasteiger partial charge in [0.05, 0.1) is 25.0 Å². The van der Waals surface area contributed by atoms with Crippen LogP contribution < -0.4 is 0 Å². The van der Waals surface area contributed by atoms with Crippen LogP contribution in [0.4, 0.5) is 0 Å². The van der Waals surface area contributed by atoms with Crippen molar-refractivity contribution in [3.63, 3.8) is 0 Å². The molecule has 0 spiro atoms. The zero-order valence-electron chi connectivity index (χ0n) is 17.7. The molecule has 7 atom stereocenters. The maximum atomic E-state index is 13.2. The van der Waals surface area contributed by atoms with Crippen molar-refractivity contribution in [3.8, 4) is 0 Å². The second-order valence-corrected chi connectivity index (χ2v) is 10.4. The molecule has 0 unspecified atom stereocenters. The third-order valence-corrected chi connectivity index (χ3v) is 9.25. The lowest BCUT2D eigenvalue weighted by atomic mass is 9.47. The summed E-state index contributed by atoms with van der Waals surface area (Å²) < 4.78 is 18.5. The quantitative estimate of drug-likeness (QED) is 0.316. The first-order chi connectivity index (χ1) is 14.1. The lowest BCUT2D eigenvalue weighted by Crippen LogP contribution is -2.61. The highest BCUT2D eigenvalue weighted by atomic mass is 127. The van der Waals surface area contributed by atoms with Gasteiger partial charge in [-0.05, 0) is 60.9 Å². The van der Waals surface area contributed by atoms with Crippen molar-refractivity contribution < 1.29 is 28.6 Å². The number of rotatable bonds is 4. The van der Waals surface area contributed by atoms with Crippen LogP contribution in [-0.4, -0.2) is 43.1 Å². The Morgan fingerprint density at radius 2 is 2.07 bits per heavy atom. The van der Waals surface area contributed by atoms with E-state index in [2.05, 4.69) is 36.1 Å². The fourth-order valence-corrected chi connectivity index (χ4v) is 6.58. The Morgan fingerprint density at radius 3 is 2.67 bits per heavy atom. The maximum Gasteiger partial charge on any atom is 0.316 e. The maximum absolute atomic E-state index is 13.2. The van der Waals surface area contributed by atoms with Crippen molar-refractivity contribution in [3.05, 3.63) is 33.5 Å². The molecule has 7 heteroatoms. The summed E-state index contributed by atoms with van der Waals surface area (Å²) in [5.41, 5.74) is -0.0286. The van der Waals surface area contributed by atoms with Gasteiger partial charge in [-0.1, -0.05) is 25.2 Å². The first-order valence-electron chi connectivity index (χ1n) is 10.3. The van der Waals surface area contributed by atoms with Crippen molar-refractivity contribution in [2.45, 2.75) is 58.3 Å². The summed E-state index contributed by atoms with van der Waals surface area (Å²) in [6, 6.07) is 0. The number of carbonyl (C=O) groups excluding carboxylic acids is 3. The van der Waals surface area contributed by atoms with Gasteiger partial charge in [-0.2, -0.15) is 0 Å². The van der Waals surface area contributed by atoms with Gasteiger partial charge in [0, 0.05) is 20.8 Å². The average Bonchev–Trinajstić information content (AvgIpc) is 3.16. The molecule has 0 aromatic carbocycles. The number of esters is 2. The summed E-state index contributed by atoms with van der Waals surface area (Å²) in [6.45, 7) is 10.00. The monoisotopic (exact) mass is 526 g/mol. The number of halogens is 1. The van der Waals surface area contributed by atoms with Crippen molar-refractivity contribution in [1.82, 2.24) is 0 Å². The summed E-state index contributed by atoms with van der Waals surface area (Å²) >= 11 is 2.31. The Labute approximate surface area is 190 Å². The van der Waals surface area contributed by atoms with E-state index >= 15 is 0 Å². The molecule has 0 N–H and O–H groups in total. The summed E-state index contributed by atoms with van der Waals surface area (Å²) in [7, 11) is 1.33. The van der Waals surface area contributed by atoms with Crippen LogP contribution in [0.1, 0.15) is 40.0 Å². The Hall–Kier alpha value is -1.48. The molecule has 3 aliphatic carbocycles. The molecule has 0 aromatic heterocycles. The Morgan fingerprint density at radius 1 is 1.37 bits per heavy atom. The molecule has 6 nitrogen and oxygen atoms in total. The number of hydrogen-bond acceptors (Lipinski definition) is 6. The Balaban J connectivity index is 1.80. The molecular formula is C23H27IO6. The molecule has 0 bridgehead atoms. The molecule has 30 heavy (non-hydrogen) atoms.